The maximum absolute atomic E-state index is 12.3. The first-order valence-corrected chi connectivity index (χ1v) is 8.54. The van der Waals surface area contributed by atoms with Gasteiger partial charge in [0, 0.05) is 55.8 Å². The summed E-state index contributed by atoms with van der Waals surface area (Å²) >= 11 is 0. The number of carbonyl (C=O) groups excluding carboxylic acids is 1. The lowest BCUT2D eigenvalue weighted by Gasteiger charge is -2.21. The molecular formula is C21H26N2O2. The Balaban J connectivity index is 2.14. The van der Waals surface area contributed by atoms with E-state index in [1.165, 1.54) is 6.08 Å². The molecule has 1 N–H and O–H groups in total. The van der Waals surface area contributed by atoms with Gasteiger partial charge in [-0.1, -0.05) is 0 Å². The Morgan fingerprint density at radius 3 is 2.12 bits per heavy atom. The van der Waals surface area contributed by atoms with E-state index in [0.717, 1.165) is 24.5 Å². The van der Waals surface area contributed by atoms with Gasteiger partial charge in [-0.2, -0.15) is 0 Å². The molecule has 0 bridgehead atoms. The van der Waals surface area contributed by atoms with Gasteiger partial charge >= 0.3 is 0 Å². The minimum atomic E-state index is -0.0856. The lowest BCUT2D eigenvalue weighted by molar-refractivity contribution is 0.104. The molecule has 0 saturated carbocycles. The molecule has 2 aromatic carbocycles. The molecule has 2 aromatic rings. The summed E-state index contributed by atoms with van der Waals surface area (Å²) in [6.07, 6.45) is 3.15. The van der Waals surface area contributed by atoms with E-state index in [1.807, 2.05) is 55.4 Å². The fourth-order valence-corrected chi connectivity index (χ4v) is 2.64. The van der Waals surface area contributed by atoms with Crippen LogP contribution in [0.15, 0.2) is 48.5 Å². The van der Waals surface area contributed by atoms with Gasteiger partial charge in [0.2, 0.25) is 0 Å². The molecule has 0 fully saturated rings. The van der Waals surface area contributed by atoms with E-state index in [4.69, 9.17) is 0 Å². The third kappa shape index (κ3) is 4.63. The molecular weight excluding hydrogens is 312 g/mol. The molecule has 25 heavy (non-hydrogen) atoms. The van der Waals surface area contributed by atoms with Crippen LogP contribution in [-0.4, -0.2) is 38.1 Å². The highest BCUT2D eigenvalue weighted by molar-refractivity contribution is 6.07. The second-order valence-corrected chi connectivity index (χ2v) is 6.05. The monoisotopic (exact) mass is 338 g/mol. The second kappa shape index (κ2) is 8.38. The maximum Gasteiger partial charge on any atom is 0.185 e. The lowest BCUT2D eigenvalue weighted by Crippen LogP contribution is -2.21. The first-order chi connectivity index (χ1) is 12.0. The molecule has 2 rings (SSSR count). The zero-order valence-corrected chi connectivity index (χ0v) is 15.4. The Bertz CT molecular complexity index is 745. The molecule has 0 saturated heterocycles. The molecule has 0 aliphatic heterocycles. The number of benzene rings is 2. The van der Waals surface area contributed by atoms with Crippen molar-refractivity contribution in [3.05, 3.63) is 59.7 Å². The Morgan fingerprint density at radius 1 is 1.00 bits per heavy atom. The quantitative estimate of drug-likeness (QED) is 0.607. The number of ketones is 1. The fraction of sp³-hybridized carbons (Fsp3) is 0.286. The first-order valence-electron chi connectivity index (χ1n) is 8.54. The van der Waals surface area contributed by atoms with Crippen LogP contribution < -0.4 is 9.80 Å². The van der Waals surface area contributed by atoms with Crippen molar-refractivity contribution in [2.75, 3.05) is 37.0 Å². The van der Waals surface area contributed by atoms with Crippen LogP contribution in [0.3, 0.4) is 0 Å². The topological polar surface area (TPSA) is 43.8 Å². The third-order valence-electron chi connectivity index (χ3n) is 4.23. The molecule has 0 aliphatic rings. The van der Waals surface area contributed by atoms with Crippen LogP contribution in [0, 0.1) is 0 Å². The summed E-state index contributed by atoms with van der Waals surface area (Å²) in [5.41, 5.74) is 3.28. The zero-order chi connectivity index (χ0) is 18.4. The van der Waals surface area contributed by atoms with E-state index in [-0.39, 0.29) is 11.5 Å². The number of phenolic OH excluding ortho intramolecular Hbond substituents is 1. The molecule has 0 unspecified atom stereocenters. The summed E-state index contributed by atoms with van der Waals surface area (Å²) in [5.74, 6) is 0.0916. The highest BCUT2D eigenvalue weighted by Crippen LogP contribution is 2.26. The highest BCUT2D eigenvalue weighted by Gasteiger charge is 2.07. The van der Waals surface area contributed by atoms with Crippen molar-refractivity contribution in [3.8, 4) is 5.75 Å². The predicted molar refractivity (Wildman–Crippen MR) is 106 cm³/mol. The van der Waals surface area contributed by atoms with Crippen molar-refractivity contribution in [3.63, 3.8) is 0 Å². The van der Waals surface area contributed by atoms with E-state index in [9.17, 15) is 9.90 Å². The van der Waals surface area contributed by atoms with Gasteiger partial charge in [0.1, 0.15) is 5.75 Å². The van der Waals surface area contributed by atoms with E-state index in [2.05, 4.69) is 18.7 Å². The van der Waals surface area contributed by atoms with E-state index < -0.39 is 0 Å². The molecule has 132 valence electrons. The molecule has 4 heteroatoms. The first kappa shape index (κ1) is 18.6. The summed E-state index contributed by atoms with van der Waals surface area (Å²) in [7, 11) is 3.92. The number of hydrogen-bond acceptors (Lipinski definition) is 4. The maximum atomic E-state index is 12.3. The lowest BCUT2D eigenvalue weighted by atomic mass is 10.1. The largest absolute Gasteiger partial charge is 0.507 e. The summed E-state index contributed by atoms with van der Waals surface area (Å²) in [6.45, 7) is 5.92. The number of phenols is 1. The van der Waals surface area contributed by atoms with Crippen LogP contribution in [0.25, 0.3) is 6.08 Å². The number of allylic oxidation sites excluding steroid dienone is 1. The van der Waals surface area contributed by atoms with Gasteiger partial charge in [-0.3, -0.25) is 4.79 Å². The molecule has 0 atom stereocenters. The fourth-order valence-electron chi connectivity index (χ4n) is 2.64. The summed E-state index contributed by atoms with van der Waals surface area (Å²) < 4.78 is 0. The molecule has 0 heterocycles. The van der Waals surface area contributed by atoms with Gasteiger partial charge in [0.25, 0.3) is 0 Å². The van der Waals surface area contributed by atoms with E-state index in [1.54, 1.807) is 12.1 Å². The van der Waals surface area contributed by atoms with Crippen molar-refractivity contribution >= 4 is 23.2 Å². The van der Waals surface area contributed by atoms with Gasteiger partial charge in [0.15, 0.2) is 5.78 Å². The third-order valence-corrected chi connectivity index (χ3v) is 4.23. The Labute approximate surface area is 150 Å². The number of anilines is 2. The molecule has 0 aliphatic carbocycles. The van der Waals surface area contributed by atoms with Crippen molar-refractivity contribution < 1.29 is 9.90 Å². The van der Waals surface area contributed by atoms with Crippen LogP contribution in [0.2, 0.25) is 0 Å². The standard InChI is InChI=1S/C21H26N2O2/c1-5-23(6-2)19-13-9-17(21(25)15-19)10-14-20(24)16-7-11-18(12-8-16)22(3)4/h7-15,25H,5-6H2,1-4H3/b14-10-. The molecule has 0 radical (unpaired) electrons. The summed E-state index contributed by atoms with van der Waals surface area (Å²) in [5, 5.41) is 10.2. The van der Waals surface area contributed by atoms with Crippen LogP contribution in [0.4, 0.5) is 11.4 Å². The predicted octanol–water partition coefficient (Wildman–Crippen LogP) is 4.20. The van der Waals surface area contributed by atoms with Gasteiger partial charge < -0.3 is 14.9 Å². The highest BCUT2D eigenvalue weighted by atomic mass is 16.3. The summed E-state index contributed by atoms with van der Waals surface area (Å²) in [6, 6.07) is 13.0. The average Bonchev–Trinajstić information content (AvgIpc) is 2.62. The van der Waals surface area contributed by atoms with E-state index >= 15 is 0 Å². The Morgan fingerprint density at radius 2 is 1.60 bits per heavy atom. The van der Waals surface area contributed by atoms with E-state index in [0.29, 0.717) is 11.1 Å². The van der Waals surface area contributed by atoms with Crippen LogP contribution in [0.5, 0.6) is 5.75 Å². The minimum Gasteiger partial charge on any atom is -0.507 e. The van der Waals surface area contributed by atoms with Gasteiger partial charge in [-0.25, -0.2) is 0 Å². The summed E-state index contributed by atoms with van der Waals surface area (Å²) in [4.78, 5) is 16.4. The number of rotatable bonds is 7. The molecule has 0 amide bonds. The van der Waals surface area contributed by atoms with Crippen molar-refractivity contribution in [2.24, 2.45) is 0 Å². The molecule has 4 nitrogen and oxygen atoms in total. The second-order valence-electron chi connectivity index (χ2n) is 6.05. The molecule has 0 aromatic heterocycles. The van der Waals surface area contributed by atoms with Crippen molar-refractivity contribution in [2.45, 2.75) is 13.8 Å². The van der Waals surface area contributed by atoms with Gasteiger partial charge in [0.05, 0.1) is 0 Å². The molecule has 0 spiro atoms. The van der Waals surface area contributed by atoms with Gasteiger partial charge in [-0.15, -0.1) is 0 Å². The zero-order valence-electron chi connectivity index (χ0n) is 15.4. The normalized spacial score (nSPS) is 10.9. The SMILES string of the molecule is CCN(CC)c1ccc(/C=C\C(=O)c2ccc(N(C)C)cc2)c(O)c1. The van der Waals surface area contributed by atoms with Crippen molar-refractivity contribution in [1.82, 2.24) is 0 Å². The van der Waals surface area contributed by atoms with Crippen LogP contribution in [0.1, 0.15) is 29.8 Å². The Kier molecular flexibility index (Phi) is 6.23. The average molecular weight is 338 g/mol. The van der Waals surface area contributed by atoms with Gasteiger partial charge in [-0.05, 0) is 62.4 Å². The number of nitrogens with zero attached hydrogens (tertiary/aromatic N) is 2. The van der Waals surface area contributed by atoms with Crippen LogP contribution in [-0.2, 0) is 0 Å². The van der Waals surface area contributed by atoms with Crippen molar-refractivity contribution in [1.29, 1.82) is 0 Å². The number of carbonyl (C=O) groups is 1. The van der Waals surface area contributed by atoms with Crippen LogP contribution >= 0.6 is 0 Å². The Hall–Kier alpha value is -2.75. The minimum absolute atomic E-state index is 0.0856. The smallest absolute Gasteiger partial charge is 0.185 e. The number of hydrogen-bond donors (Lipinski definition) is 1. The number of aromatic hydroxyl groups is 1.